The van der Waals surface area contributed by atoms with Gasteiger partial charge in [0, 0.05) is 16.7 Å². The van der Waals surface area contributed by atoms with E-state index >= 15 is 0 Å². The second-order valence-electron chi connectivity index (χ2n) is 4.37. The number of hydrogen-bond acceptors (Lipinski definition) is 2. The van der Waals surface area contributed by atoms with Crippen molar-refractivity contribution in [3.63, 3.8) is 0 Å². The van der Waals surface area contributed by atoms with Gasteiger partial charge in [0.2, 0.25) is 0 Å². The summed E-state index contributed by atoms with van der Waals surface area (Å²) in [6, 6.07) is 9.68. The van der Waals surface area contributed by atoms with Gasteiger partial charge in [-0.25, -0.2) is 0 Å². The average Bonchev–Trinajstić information content (AvgIpc) is 2.32. The Morgan fingerprint density at radius 2 is 2.06 bits per heavy atom. The van der Waals surface area contributed by atoms with Crippen LogP contribution in [0, 0.1) is 6.92 Å². The Labute approximate surface area is 99.1 Å². The van der Waals surface area contributed by atoms with Gasteiger partial charge in [0.05, 0.1) is 5.69 Å². The number of aromatic amines is 1. The van der Waals surface area contributed by atoms with E-state index < -0.39 is 0 Å². The summed E-state index contributed by atoms with van der Waals surface area (Å²) in [6.07, 6.45) is -0.0320. The molecule has 0 fully saturated rings. The van der Waals surface area contributed by atoms with Gasteiger partial charge in [-0.15, -0.1) is 0 Å². The Balaban J connectivity index is 2.35. The van der Waals surface area contributed by atoms with Gasteiger partial charge in [-0.3, -0.25) is 4.79 Å². The summed E-state index contributed by atoms with van der Waals surface area (Å²) in [5.41, 5.74) is 3.57. The second-order valence-corrected chi connectivity index (χ2v) is 4.37. The fourth-order valence-electron chi connectivity index (χ4n) is 2.23. The molecule has 0 spiro atoms. The number of ether oxygens (including phenoxy) is 1. The number of aryl methyl sites for hydroxylation is 1. The first-order valence-corrected chi connectivity index (χ1v) is 5.66. The summed E-state index contributed by atoms with van der Waals surface area (Å²) in [5.74, 6) is 0.826. The molecule has 17 heavy (non-hydrogen) atoms. The lowest BCUT2D eigenvalue weighted by Gasteiger charge is -2.26. The molecule has 1 N–H and O–H groups in total. The molecule has 86 valence electrons. The molecular formula is C14H13NO2. The first-order valence-electron chi connectivity index (χ1n) is 5.66. The van der Waals surface area contributed by atoms with Gasteiger partial charge < -0.3 is 9.72 Å². The number of H-pyrrole nitrogens is 1. The van der Waals surface area contributed by atoms with Crippen LogP contribution in [0.15, 0.2) is 35.1 Å². The molecule has 2 aromatic rings. The molecule has 0 aliphatic carbocycles. The first kappa shape index (κ1) is 10.1. The van der Waals surface area contributed by atoms with Crippen LogP contribution in [0.25, 0.3) is 11.3 Å². The molecule has 0 radical (unpaired) electrons. The number of aromatic nitrogens is 1. The Hall–Kier alpha value is -2.03. The predicted octanol–water partition coefficient (Wildman–Crippen LogP) is 2.80. The van der Waals surface area contributed by atoms with Crippen molar-refractivity contribution in [3.05, 3.63) is 51.8 Å². The lowest BCUT2D eigenvalue weighted by molar-refractivity contribution is 0.222. The molecule has 1 atom stereocenters. The molecule has 3 rings (SSSR count). The number of para-hydroxylation sites is 1. The topological polar surface area (TPSA) is 42.1 Å². The Morgan fingerprint density at radius 3 is 2.88 bits per heavy atom. The summed E-state index contributed by atoms with van der Waals surface area (Å²) in [7, 11) is 0. The zero-order chi connectivity index (χ0) is 12.0. The number of fused-ring (bicyclic) bond motifs is 3. The Morgan fingerprint density at radius 1 is 1.29 bits per heavy atom. The molecule has 0 saturated carbocycles. The van der Waals surface area contributed by atoms with E-state index in [1.165, 1.54) is 0 Å². The predicted molar refractivity (Wildman–Crippen MR) is 66.3 cm³/mol. The van der Waals surface area contributed by atoms with Crippen LogP contribution in [0.4, 0.5) is 0 Å². The van der Waals surface area contributed by atoms with Gasteiger partial charge >= 0.3 is 0 Å². The van der Waals surface area contributed by atoms with Crippen molar-refractivity contribution < 1.29 is 4.74 Å². The van der Waals surface area contributed by atoms with Gasteiger partial charge in [-0.1, -0.05) is 12.1 Å². The lowest BCUT2D eigenvalue weighted by atomic mass is 9.97. The molecular weight excluding hydrogens is 214 g/mol. The highest BCUT2D eigenvalue weighted by Gasteiger charge is 2.23. The van der Waals surface area contributed by atoms with E-state index in [0.717, 1.165) is 28.1 Å². The quantitative estimate of drug-likeness (QED) is 0.752. The molecule has 3 heteroatoms. The minimum absolute atomic E-state index is 0.0320. The Bertz CT molecular complexity index is 643. The molecule has 0 saturated heterocycles. The summed E-state index contributed by atoms with van der Waals surface area (Å²) < 4.78 is 5.83. The maximum atomic E-state index is 11.7. The van der Waals surface area contributed by atoms with Crippen LogP contribution in [0.5, 0.6) is 5.75 Å². The third-order valence-corrected chi connectivity index (χ3v) is 3.16. The fraction of sp³-hybridized carbons (Fsp3) is 0.214. The van der Waals surface area contributed by atoms with Gasteiger partial charge in [0.1, 0.15) is 11.9 Å². The van der Waals surface area contributed by atoms with E-state index in [0.29, 0.717) is 0 Å². The van der Waals surface area contributed by atoms with Crippen molar-refractivity contribution in [2.24, 2.45) is 0 Å². The van der Waals surface area contributed by atoms with Gasteiger partial charge in [-0.2, -0.15) is 0 Å². The molecule has 1 aromatic carbocycles. The maximum absolute atomic E-state index is 11.7. The third-order valence-electron chi connectivity index (χ3n) is 3.16. The molecule has 2 heterocycles. The van der Waals surface area contributed by atoms with Crippen molar-refractivity contribution >= 4 is 0 Å². The maximum Gasteiger partial charge on any atom is 0.251 e. The van der Waals surface area contributed by atoms with Gasteiger partial charge in [0.25, 0.3) is 5.56 Å². The molecule has 1 aliphatic rings. The summed E-state index contributed by atoms with van der Waals surface area (Å²) in [5, 5.41) is 0. The van der Waals surface area contributed by atoms with Crippen molar-refractivity contribution in [1.29, 1.82) is 0 Å². The minimum Gasteiger partial charge on any atom is -0.485 e. The number of benzene rings is 1. The molecule has 1 aromatic heterocycles. The largest absolute Gasteiger partial charge is 0.485 e. The number of nitrogens with one attached hydrogen (secondary N) is 1. The standard InChI is InChI=1S/C14H13NO2/c1-8-7-11-9(2)17-12-6-4-3-5-10(12)13(11)15-14(8)16/h3-7,9H,1-2H3,(H,15,16). The number of hydrogen-bond donors (Lipinski definition) is 1. The highest BCUT2D eigenvalue weighted by Crippen LogP contribution is 2.40. The molecule has 1 unspecified atom stereocenters. The van der Waals surface area contributed by atoms with Gasteiger partial charge in [0.15, 0.2) is 0 Å². The van der Waals surface area contributed by atoms with Crippen molar-refractivity contribution in [3.8, 4) is 17.0 Å². The van der Waals surface area contributed by atoms with Crippen molar-refractivity contribution in [1.82, 2.24) is 4.98 Å². The SMILES string of the molecule is Cc1cc2c([nH]c1=O)-c1ccccc1OC2C. The van der Waals surface area contributed by atoms with Gasteiger partial charge in [-0.05, 0) is 32.0 Å². The third kappa shape index (κ3) is 1.46. The number of rotatable bonds is 0. The molecule has 3 nitrogen and oxygen atoms in total. The van der Waals surface area contributed by atoms with Crippen molar-refractivity contribution in [2.75, 3.05) is 0 Å². The molecule has 0 bridgehead atoms. The van der Waals surface area contributed by atoms with Crippen molar-refractivity contribution in [2.45, 2.75) is 20.0 Å². The van der Waals surface area contributed by atoms with E-state index in [-0.39, 0.29) is 11.7 Å². The highest BCUT2D eigenvalue weighted by atomic mass is 16.5. The van der Waals surface area contributed by atoms with E-state index in [9.17, 15) is 4.79 Å². The van der Waals surface area contributed by atoms with Crippen LogP contribution in [0.2, 0.25) is 0 Å². The smallest absolute Gasteiger partial charge is 0.251 e. The van der Waals surface area contributed by atoms with Crippen LogP contribution >= 0.6 is 0 Å². The van der Waals surface area contributed by atoms with E-state index in [2.05, 4.69) is 4.98 Å². The van der Waals surface area contributed by atoms with Crippen LogP contribution in [0.3, 0.4) is 0 Å². The summed E-state index contributed by atoms with van der Waals surface area (Å²) in [6.45, 7) is 3.80. The normalized spacial score (nSPS) is 16.9. The van der Waals surface area contributed by atoms with Crippen LogP contribution < -0.4 is 10.3 Å². The molecule has 0 amide bonds. The monoisotopic (exact) mass is 227 g/mol. The summed E-state index contributed by atoms with van der Waals surface area (Å²) in [4.78, 5) is 14.7. The van der Waals surface area contributed by atoms with E-state index in [4.69, 9.17) is 4.74 Å². The second kappa shape index (κ2) is 3.48. The van der Waals surface area contributed by atoms with E-state index in [1.54, 1.807) is 0 Å². The number of pyridine rings is 1. The Kier molecular flexibility index (Phi) is 2.08. The van der Waals surface area contributed by atoms with Crippen LogP contribution in [0.1, 0.15) is 24.2 Å². The lowest BCUT2D eigenvalue weighted by Crippen LogP contribution is -2.18. The van der Waals surface area contributed by atoms with Crippen LogP contribution in [-0.4, -0.2) is 4.98 Å². The first-order chi connectivity index (χ1) is 8.16. The average molecular weight is 227 g/mol. The zero-order valence-corrected chi connectivity index (χ0v) is 9.78. The highest BCUT2D eigenvalue weighted by molar-refractivity contribution is 5.72. The minimum atomic E-state index is -0.0346. The molecule has 1 aliphatic heterocycles. The summed E-state index contributed by atoms with van der Waals surface area (Å²) >= 11 is 0. The fourth-order valence-corrected chi connectivity index (χ4v) is 2.23. The zero-order valence-electron chi connectivity index (χ0n) is 9.78. The van der Waals surface area contributed by atoms with Crippen LogP contribution in [-0.2, 0) is 0 Å². The van der Waals surface area contributed by atoms with E-state index in [1.807, 2.05) is 44.2 Å².